The summed E-state index contributed by atoms with van der Waals surface area (Å²) in [5, 5.41) is 17.4. The summed E-state index contributed by atoms with van der Waals surface area (Å²) in [7, 11) is 3.55. The van der Waals surface area contributed by atoms with Crippen molar-refractivity contribution in [3.8, 4) is 5.75 Å². The van der Waals surface area contributed by atoms with Gasteiger partial charge in [-0.15, -0.1) is 0 Å². The molecule has 5 nitrogen and oxygen atoms in total. The first-order valence-corrected chi connectivity index (χ1v) is 7.17. The fraction of sp³-hybridized carbons (Fsp3) is 0.438. The van der Waals surface area contributed by atoms with Crippen molar-refractivity contribution in [2.24, 2.45) is 7.05 Å². The Bertz CT molecular complexity index is 568. The first-order valence-electron chi connectivity index (χ1n) is 7.17. The van der Waals surface area contributed by atoms with Crippen molar-refractivity contribution in [3.05, 3.63) is 47.8 Å². The lowest BCUT2D eigenvalue weighted by molar-refractivity contribution is 0.231. The van der Waals surface area contributed by atoms with Crippen molar-refractivity contribution < 1.29 is 9.84 Å². The minimum atomic E-state index is -0.134. The number of aromatic nitrogens is 2. The highest BCUT2D eigenvalue weighted by atomic mass is 16.5. The van der Waals surface area contributed by atoms with Crippen molar-refractivity contribution in [1.82, 2.24) is 15.1 Å². The quantitative estimate of drug-likeness (QED) is 0.820. The predicted octanol–water partition coefficient (Wildman–Crippen LogP) is 2.20. The lowest BCUT2D eigenvalue weighted by Gasteiger charge is -2.23. The summed E-state index contributed by atoms with van der Waals surface area (Å²) in [5.41, 5.74) is 2.14. The third-order valence-corrected chi connectivity index (χ3v) is 3.62. The molecule has 0 amide bonds. The van der Waals surface area contributed by atoms with Crippen LogP contribution in [0.5, 0.6) is 5.75 Å². The first-order chi connectivity index (χ1) is 10.2. The van der Waals surface area contributed by atoms with E-state index in [1.165, 1.54) is 0 Å². The summed E-state index contributed by atoms with van der Waals surface area (Å²) < 4.78 is 7.04. The number of nitrogens with one attached hydrogen (secondary N) is 1. The Morgan fingerprint density at radius 1 is 1.33 bits per heavy atom. The first kappa shape index (κ1) is 15.5. The second-order valence-electron chi connectivity index (χ2n) is 5.09. The normalized spacial score (nSPS) is 13.9. The van der Waals surface area contributed by atoms with Crippen LogP contribution in [-0.2, 0) is 7.05 Å². The van der Waals surface area contributed by atoms with E-state index < -0.39 is 0 Å². The number of ether oxygens (including phenoxy) is 1. The van der Waals surface area contributed by atoms with Crippen molar-refractivity contribution in [2.75, 3.05) is 13.7 Å². The van der Waals surface area contributed by atoms with Gasteiger partial charge in [0.25, 0.3) is 0 Å². The molecule has 114 valence electrons. The monoisotopic (exact) mass is 289 g/mol. The smallest absolute Gasteiger partial charge is 0.119 e. The third kappa shape index (κ3) is 3.83. The van der Waals surface area contributed by atoms with Gasteiger partial charge in [0.15, 0.2) is 0 Å². The molecule has 0 radical (unpaired) electrons. The van der Waals surface area contributed by atoms with Crippen molar-refractivity contribution in [1.29, 1.82) is 0 Å². The SMILES string of the molecule is CCC(NC(CO)c1cccc(OC)c1)c1cnn(C)c1. The Hall–Kier alpha value is -1.85. The number of aliphatic hydroxyl groups is 1. The molecule has 2 unspecified atom stereocenters. The van der Waals surface area contributed by atoms with Gasteiger partial charge in [0.2, 0.25) is 0 Å². The molecule has 0 saturated heterocycles. The van der Waals surface area contributed by atoms with E-state index in [0.29, 0.717) is 0 Å². The van der Waals surface area contributed by atoms with E-state index in [0.717, 1.165) is 23.3 Å². The van der Waals surface area contributed by atoms with Crippen LogP contribution in [0.3, 0.4) is 0 Å². The van der Waals surface area contributed by atoms with Crippen molar-refractivity contribution in [3.63, 3.8) is 0 Å². The van der Waals surface area contributed by atoms with Crippen LogP contribution in [0, 0.1) is 0 Å². The number of aryl methyl sites for hydroxylation is 1. The lowest BCUT2D eigenvalue weighted by Crippen LogP contribution is -2.28. The second-order valence-corrected chi connectivity index (χ2v) is 5.09. The maximum absolute atomic E-state index is 9.72. The average molecular weight is 289 g/mol. The highest BCUT2D eigenvalue weighted by Gasteiger charge is 2.18. The Labute approximate surface area is 125 Å². The zero-order valence-electron chi connectivity index (χ0n) is 12.8. The van der Waals surface area contributed by atoms with Gasteiger partial charge in [-0.1, -0.05) is 19.1 Å². The zero-order chi connectivity index (χ0) is 15.2. The molecule has 5 heteroatoms. The van der Waals surface area contributed by atoms with E-state index in [1.54, 1.807) is 11.8 Å². The largest absolute Gasteiger partial charge is 0.497 e. The topological polar surface area (TPSA) is 59.3 Å². The molecule has 1 heterocycles. The third-order valence-electron chi connectivity index (χ3n) is 3.62. The van der Waals surface area contributed by atoms with Crippen LogP contribution in [0.15, 0.2) is 36.7 Å². The lowest BCUT2D eigenvalue weighted by atomic mass is 10.0. The van der Waals surface area contributed by atoms with Gasteiger partial charge in [0.05, 0.1) is 26.0 Å². The van der Waals surface area contributed by atoms with Gasteiger partial charge < -0.3 is 15.2 Å². The van der Waals surface area contributed by atoms with Crippen LogP contribution in [0.2, 0.25) is 0 Å². The number of aliphatic hydroxyl groups excluding tert-OH is 1. The maximum atomic E-state index is 9.72. The molecule has 0 spiro atoms. The van der Waals surface area contributed by atoms with Crippen LogP contribution in [-0.4, -0.2) is 28.6 Å². The molecule has 2 N–H and O–H groups in total. The van der Waals surface area contributed by atoms with Gasteiger partial charge in [-0.3, -0.25) is 4.68 Å². The van der Waals surface area contributed by atoms with E-state index in [9.17, 15) is 5.11 Å². The molecule has 0 aliphatic rings. The van der Waals surface area contributed by atoms with Gasteiger partial charge in [-0.25, -0.2) is 0 Å². The zero-order valence-corrected chi connectivity index (χ0v) is 12.8. The minimum Gasteiger partial charge on any atom is -0.497 e. The van der Waals surface area contributed by atoms with Crippen LogP contribution in [0.25, 0.3) is 0 Å². The standard InChI is InChI=1S/C16H23N3O2/c1-4-15(13-9-17-19(2)10-13)18-16(11-20)12-6-5-7-14(8-12)21-3/h5-10,15-16,18,20H,4,11H2,1-3H3. The fourth-order valence-electron chi connectivity index (χ4n) is 2.43. The molecule has 0 bridgehead atoms. The van der Waals surface area contributed by atoms with Gasteiger partial charge >= 0.3 is 0 Å². The summed E-state index contributed by atoms with van der Waals surface area (Å²) in [6.45, 7) is 2.15. The molecule has 2 atom stereocenters. The van der Waals surface area contributed by atoms with E-state index in [2.05, 4.69) is 17.3 Å². The molecule has 0 saturated carbocycles. The Morgan fingerprint density at radius 2 is 2.14 bits per heavy atom. The van der Waals surface area contributed by atoms with Crippen LogP contribution in [0.1, 0.15) is 36.6 Å². The van der Waals surface area contributed by atoms with Gasteiger partial charge in [0.1, 0.15) is 5.75 Å². The molecular formula is C16H23N3O2. The molecular weight excluding hydrogens is 266 g/mol. The van der Waals surface area contributed by atoms with E-state index in [-0.39, 0.29) is 18.7 Å². The summed E-state index contributed by atoms with van der Waals surface area (Å²) in [4.78, 5) is 0. The number of hydrogen-bond donors (Lipinski definition) is 2. The van der Waals surface area contributed by atoms with Crippen molar-refractivity contribution in [2.45, 2.75) is 25.4 Å². The Balaban J connectivity index is 2.16. The Kier molecular flexibility index (Phi) is 5.36. The molecule has 0 fully saturated rings. The molecule has 0 aliphatic carbocycles. The number of methoxy groups -OCH3 is 1. The predicted molar refractivity (Wildman–Crippen MR) is 82.2 cm³/mol. The van der Waals surface area contributed by atoms with Crippen LogP contribution in [0.4, 0.5) is 0 Å². The molecule has 21 heavy (non-hydrogen) atoms. The number of rotatable bonds is 7. The van der Waals surface area contributed by atoms with E-state index in [1.807, 2.05) is 43.7 Å². The Morgan fingerprint density at radius 3 is 2.71 bits per heavy atom. The van der Waals surface area contributed by atoms with Gasteiger partial charge in [0, 0.05) is 24.8 Å². The molecule has 0 aliphatic heterocycles. The highest BCUT2D eigenvalue weighted by molar-refractivity contribution is 5.31. The summed E-state index contributed by atoms with van der Waals surface area (Å²) in [6, 6.07) is 7.79. The molecule has 2 rings (SSSR count). The van der Waals surface area contributed by atoms with E-state index in [4.69, 9.17) is 4.74 Å². The number of hydrogen-bond acceptors (Lipinski definition) is 4. The minimum absolute atomic E-state index is 0.0317. The summed E-state index contributed by atoms with van der Waals surface area (Å²) in [6.07, 6.45) is 4.79. The summed E-state index contributed by atoms with van der Waals surface area (Å²) >= 11 is 0. The second kappa shape index (κ2) is 7.24. The average Bonchev–Trinajstić information content (AvgIpc) is 2.95. The van der Waals surface area contributed by atoms with Crippen molar-refractivity contribution >= 4 is 0 Å². The van der Waals surface area contributed by atoms with E-state index >= 15 is 0 Å². The van der Waals surface area contributed by atoms with Crippen LogP contribution < -0.4 is 10.1 Å². The van der Waals surface area contributed by atoms with Crippen LogP contribution >= 0.6 is 0 Å². The molecule has 1 aromatic heterocycles. The fourth-order valence-corrected chi connectivity index (χ4v) is 2.43. The van der Waals surface area contributed by atoms with Gasteiger partial charge in [-0.05, 0) is 24.1 Å². The maximum Gasteiger partial charge on any atom is 0.119 e. The number of nitrogens with zero attached hydrogens (tertiary/aromatic N) is 2. The molecule has 1 aromatic carbocycles. The number of benzene rings is 1. The highest BCUT2D eigenvalue weighted by Crippen LogP contribution is 2.24. The molecule has 2 aromatic rings. The summed E-state index contributed by atoms with van der Waals surface area (Å²) in [5.74, 6) is 0.794. The van der Waals surface area contributed by atoms with Gasteiger partial charge in [-0.2, -0.15) is 5.10 Å².